The van der Waals surface area contributed by atoms with E-state index in [2.05, 4.69) is 13.1 Å². The van der Waals surface area contributed by atoms with E-state index in [1.54, 1.807) is 12.1 Å². The highest BCUT2D eigenvalue weighted by Crippen LogP contribution is 2.20. The van der Waals surface area contributed by atoms with Crippen molar-refractivity contribution in [2.45, 2.75) is 44.8 Å². The summed E-state index contributed by atoms with van der Waals surface area (Å²) in [6.45, 7) is 4.73. The fraction of sp³-hybridized carbons (Fsp3) is 0.538. The number of hydrogen-bond acceptors (Lipinski definition) is 2. The first-order valence-corrected chi connectivity index (χ1v) is 9.46. The lowest BCUT2D eigenvalue weighted by atomic mass is 10.1. The van der Waals surface area contributed by atoms with E-state index in [0.29, 0.717) is 0 Å². The van der Waals surface area contributed by atoms with Gasteiger partial charge in [-0.25, -0.2) is 0 Å². The third-order valence-corrected chi connectivity index (χ3v) is 4.48. The molecule has 4 heteroatoms. The SMILES string of the molecule is C[SiH](C)CCCCCc1ccccc1[N+](=O)[O-]. The topological polar surface area (TPSA) is 43.1 Å². The van der Waals surface area contributed by atoms with Gasteiger partial charge in [-0.15, -0.1) is 0 Å². The zero-order valence-electron chi connectivity index (χ0n) is 10.7. The number of unbranched alkanes of at least 4 members (excludes halogenated alkanes) is 2. The van der Waals surface area contributed by atoms with Crippen molar-refractivity contribution in [3.8, 4) is 0 Å². The minimum absolute atomic E-state index is 0.269. The molecule has 0 amide bonds. The lowest BCUT2D eigenvalue weighted by molar-refractivity contribution is -0.385. The van der Waals surface area contributed by atoms with E-state index < -0.39 is 8.80 Å². The lowest BCUT2D eigenvalue weighted by Gasteiger charge is -2.04. The number of nitro groups is 1. The van der Waals surface area contributed by atoms with Crippen molar-refractivity contribution in [3.63, 3.8) is 0 Å². The van der Waals surface area contributed by atoms with Crippen molar-refractivity contribution in [1.82, 2.24) is 0 Å². The van der Waals surface area contributed by atoms with Crippen LogP contribution in [0.15, 0.2) is 24.3 Å². The Bertz CT molecular complexity index is 366. The molecule has 0 radical (unpaired) electrons. The third kappa shape index (κ3) is 5.13. The molecule has 0 unspecified atom stereocenters. The predicted octanol–water partition coefficient (Wildman–Crippen LogP) is 3.79. The molecule has 0 aliphatic heterocycles. The zero-order valence-corrected chi connectivity index (χ0v) is 11.8. The molecule has 0 aromatic heterocycles. The molecule has 0 saturated carbocycles. The average molecular weight is 251 g/mol. The number of rotatable bonds is 7. The highest BCUT2D eigenvalue weighted by atomic mass is 28.3. The van der Waals surface area contributed by atoms with Crippen LogP contribution in [0.1, 0.15) is 24.8 Å². The van der Waals surface area contributed by atoms with Crippen LogP contribution in [-0.2, 0) is 6.42 Å². The molecule has 1 aromatic carbocycles. The minimum atomic E-state index is -0.421. The maximum absolute atomic E-state index is 10.8. The van der Waals surface area contributed by atoms with Gasteiger partial charge in [-0.2, -0.15) is 0 Å². The number of benzene rings is 1. The van der Waals surface area contributed by atoms with Crippen LogP contribution in [-0.4, -0.2) is 13.7 Å². The van der Waals surface area contributed by atoms with Gasteiger partial charge in [0.25, 0.3) is 5.69 Å². The van der Waals surface area contributed by atoms with Gasteiger partial charge >= 0.3 is 0 Å². The highest BCUT2D eigenvalue weighted by Gasteiger charge is 2.11. The summed E-state index contributed by atoms with van der Waals surface area (Å²) in [6, 6.07) is 8.46. The molecule has 0 aliphatic carbocycles. The van der Waals surface area contributed by atoms with Crippen LogP contribution in [0.25, 0.3) is 0 Å². The molecule has 0 N–H and O–H groups in total. The smallest absolute Gasteiger partial charge is 0.258 e. The van der Waals surface area contributed by atoms with Gasteiger partial charge in [0, 0.05) is 20.4 Å². The molecular weight excluding hydrogens is 230 g/mol. The molecule has 94 valence electrons. The van der Waals surface area contributed by atoms with E-state index in [4.69, 9.17) is 0 Å². The molecular formula is C13H21NO2Si. The Hall–Kier alpha value is -1.16. The number of nitro benzene ring substituents is 1. The summed E-state index contributed by atoms with van der Waals surface area (Å²) in [5.74, 6) is 0. The van der Waals surface area contributed by atoms with Crippen molar-refractivity contribution < 1.29 is 4.92 Å². The second-order valence-electron chi connectivity index (χ2n) is 4.88. The molecule has 0 bridgehead atoms. The predicted molar refractivity (Wildman–Crippen MR) is 74.3 cm³/mol. The van der Waals surface area contributed by atoms with E-state index in [1.165, 1.54) is 18.9 Å². The van der Waals surface area contributed by atoms with Gasteiger partial charge in [-0.1, -0.05) is 50.2 Å². The molecule has 1 rings (SSSR count). The van der Waals surface area contributed by atoms with Crippen LogP contribution < -0.4 is 0 Å². The van der Waals surface area contributed by atoms with Gasteiger partial charge in [-0.05, 0) is 12.8 Å². The molecule has 17 heavy (non-hydrogen) atoms. The van der Waals surface area contributed by atoms with Crippen molar-refractivity contribution in [2.75, 3.05) is 0 Å². The van der Waals surface area contributed by atoms with Gasteiger partial charge in [0.1, 0.15) is 0 Å². The van der Waals surface area contributed by atoms with Gasteiger partial charge in [0.05, 0.1) is 4.92 Å². The monoisotopic (exact) mass is 251 g/mol. The van der Waals surface area contributed by atoms with E-state index >= 15 is 0 Å². The number of aryl methyl sites for hydroxylation is 1. The zero-order chi connectivity index (χ0) is 12.7. The van der Waals surface area contributed by atoms with Gasteiger partial charge in [-0.3, -0.25) is 10.1 Å². The molecule has 0 atom stereocenters. The lowest BCUT2D eigenvalue weighted by Crippen LogP contribution is -1.99. The van der Waals surface area contributed by atoms with Gasteiger partial charge < -0.3 is 0 Å². The summed E-state index contributed by atoms with van der Waals surface area (Å²) in [7, 11) is -0.421. The third-order valence-electron chi connectivity index (χ3n) is 2.92. The molecule has 0 saturated heterocycles. The Morgan fingerprint density at radius 1 is 1.18 bits per heavy atom. The molecule has 0 fully saturated rings. The van der Waals surface area contributed by atoms with Crippen molar-refractivity contribution in [1.29, 1.82) is 0 Å². The van der Waals surface area contributed by atoms with Crippen molar-refractivity contribution in [3.05, 3.63) is 39.9 Å². The van der Waals surface area contributed by atoms with Crippen molar-refractivity contribution >= 4 is 14.5 Å². The van der Waals surface area contributed by atoms with Crippen molar-refractivity contribution in [2.24, 2.45) is 0 Å². The Balaban J connectivity index is 2.39. The Morgan fingerprint density at radius 3 is 2.53 bits per heavy atom. The summed E-state index contributed by atoms with van der Waals surface area (Å²) < 4.78 is 0. The minimum Gasteiger partial charge on any atom is -0.258 e. The summed E-state index contributed by atoms with van der Waals surface area (Å²) in [5.41, 5.74) is 1.14. The van der Waals surface area contributed by atoms with Crippen LogP contribution in [0.2, 0.25) is 19.1 Å². The Kier molecular flexibility index (Phi) is 5.90. The molecule has 1 aromatic rings. The first-order chi connectivity index (χ1) is 8.11. The highest BCUT2D eigenvalue weighted by molar-refractivity contribution is 6.55. The van der Waals surface area contributed by atoms with Gasteiger partial charge in [0.2, 0.25) is 0 Å². The summed E-state index contributed by atoms with van der Waals surface area (Å²) in [6.07, 6.45) is 4.37. The number of hydrogen-bond donors (Lipinski definition) is 0. The number of nitrogens with zero attached hydrogens (tertiary/aromatic N) is 1. The van der Waals surface area contributed by atoms with E-state index in [1.807, 2.05) is 12.1 Å². The Morgan fingerprint density at radius 2 is 1.88 bits per heavy atom. The summed E-state index contributed by atoms with van der Waals surface area (Å²) in [4.78, 5) is 10.5. The number of para-hydroxylation sites is 1. The summed E-state index contributed by atoms with van der Waals surface area (Å²) in [5, 5.41) is 10.8. The normalized spacial score (nSPS) is 10.8. The van der Waals surface area contributed by atoms with Crippen LogP contribution in [0.4, 0.5) is 5.69 Å². The largest absolute Gasteiger partial charge is 0.272 e. The standard InChI is InChI=1S/C13H21NO2Si/c1-17(2)11-7-3-4-8-12-9-5-6-10-13(12)14(15)16/h5-6,9-10,17H,3-4,7-8,11H2,1-2H3. The fourth-order valence-electron chi connectivity index (χ4n) is 1.95. The van der Waals surface area contributed by atoms with Crippen LogP contribution in [0.5, 0.6) is 0 Å². The van der Waals surface area contributed by atoms with E-state index in [0.717, 1.165) is 18.4 Å². The van der Waals surface area contributed by atoms with E-state index in [-0.39, 0.29) is 10.6 Å². The Labute approximate surface area is 105 Å². The molecule has 3 nitrogen and oxygen atoms in total. The molecule has 0 spiro atoms. The van der Waals surface area contributed by atoms with Gasteiger partial charge in [0.15, 0.2) is 0 Å². The average Bonchev–Trinajstić information content (AvgIpc) is 2.28. The summed E-state index contributed by atoms with van der Waals surface area (Å²) >= 11 is 0. The maximum atomic E-state index is 10.8. The quantitative estimate of drug-likeness (QED) is 0.320. The molecule has 0 heterocycles. The molecule has 0 aliphatic rings. The van der Waals surface area contributed by atoms with Crippen LogP contribution >= 0.6 is 0 Å². The first kappa shape index (κ1) is 13.9. The first-order valence-electron chi connectivity index (χ1n) is 6.33. The second kappa shape index (κ2) is 7.22. The van der Waals surface area contributed by atoms with E-state index in [9.17, 15) is 10.1 Å². The fourth-order valence-corrected chi connectivity index (χ4v) is 3.05. The second-order valence-corrected chi connectivity index (χ2v) is 8.24. The van der Waals surface area contributed by atoms with Crippen LogP contribution in [0, 0.1) is 10.1 Å². The van der Waals surface area contributed by atoms with Crippen LogP contribution in [0.3, 0.4) is 0 Å². The maximum Gasteiger partial charge on any atom is 0.272 e.